The van der Waals surface area contributed by atoms with E-state index in [9.17, 15) is 20.2 Å². The minimum Gasteiger partial charge on any atom is -0.272 e. The number of hydrogen-bond acceptors (Lipinski definition) is 6. The zero-order valence-corrected chi connectivity index (χ0v) is 12.7. The SMILES string of the molecule is CC(C)=CCCC(C)=NNc1ccc([N+](=O)[O-])cc1[N+](=O)[O-]. The predicted octanol–water partition coefficient (Wildman–Crippen LogP) is 4.04. The van der Waals surface area contributed by atoms with Crippen LogP contribution in [-0.4, -0.2) is 15.6 Å². The molecule has 0 aromatic heterocycles. The third-order valence-corrected chi connectivity index (χ3v) is 2.81. The first-order valence-corrected chi connectivity index (χ1v) is 6.66. The Labute approximate surface area is 127 Å². The van der Waals surface area contributed by atoms with E-state index >= 15 is 0 Å². The van der Waals surface area contributed by atoms with Gasteiger partial charge in [0.2, 0.25) is 0 Å². The second kappa shape index (κ2) is 7.87. The van der Waals surface area contributed by atoms with Crippen molar-refractivity contribution < 1.29 is 9.85 Å². The molecule has 0 aliphatic heterocycles. The van der Waals surface area contributed by atoms with Crippen molar-refractivity contribution in [1.29, 1.82) is 0 Å². The fourth-order valence-electron chi connectivity index (χ4n) is 1.66. The topological polar surface area (TPSA) is 111 Å². The third kappa shape index (κ3) is 5.31. The summed E-state index contributed by atoms with van der Waals surface area (Å²) in [5, 5.41) is 25.7. The van der Waals surface area contributed by atoms with Crippen LogP contribution in [0, 0.1) is 20.2 Å². The molecule has 1 rings (SSSR count). The van der Waals surface area contributed by atoms with Gasteiger partial charge < -0.3 is 0 Å². The van der Waals surface area contributed by atoms with Gasteiger partial charge in [-0.25, -0.2) is 0 Å². The minimum atomic E-state index is -0.677. The Hall–Kier alpha value is -2.77. The highest BCUT2D eigenvalue weighted by atomic mass is 16.6. The second-order valence-corrected chi connectivity index (χ2v) is 4.99. The van der Waals surface area contributed by atoms with Crippen molar-refractivity contribution in [2.45, 2.75) is 33.6 Å². The molecular formula is C14H18N4O4. The highest BCUT2D eigenvalue weighted by Gasteiger charge is 2.19. The molecular weight excluding hydrogens is 288 g/mol. The molecule has 0 atom stereocenters. The van der Waals surface area contributed by atoms with Crippen LogP contribution >= 0.6 is 0 Å². The number of nitro groups is 2. The Morgan fingerprint density at radius 2 is 1.91 bits per heavy atom. The van der Waals surface area contributed by atoms with E-state index in [1.807, 2.05) is 20.8 Å². The summed E-state index contributed by atoms with van der Waals surface area (Å²) in [7, 11) is 0. The molecule has 1 aromatic rings. The molecule has 0 saturated heterocycles. The lowest BCUT2D eigenvalue weighted by atomic mass is 10.2. The van der Waals surface area contributed by atoms with Crippen LogP contribution in [0.1, 0.15) is 33.6 Å². The number of non-ortho nitro benzene ring substituents is 1. The quantitative estimate of drug-likeness (QED) is 0.354. The Morgan fingerprint density at radius 3 is 2.45 bits per heavy atom. The van der Waals surface area contributed by atoms with Crippen LogP contribution in [0.3, 0.4) is 0 Å². The first-order valence-electron chi connectivity index (χ1n) is 6.66. The molecule has 0 heterocycles. The van der Waals surface area contributed by atoms with Crippen LogP contribution in [0.15, 0.2) is 34.9 Å². The summed E-state index contributed by atoms with van der Waals surface area (Å²) in [4.78, 5) is 20.3. The molecule has 0 unspecified atom stereocenters. The van der Waals surface area contributed by atoms with Crippen LogP contribution in [0.25, 0.3) is 0 Å². The number of hydrogen-bond donors (Lipinski definition) is 1. The van der Waals surface area contributed by atoms with Crippen LogP contribution in [0.5, 0.6) is 0 Å². The molecule has 22 heavy (non-hydrogen) atoms. The van der Waals surface area contributed by atoms with Crippen molar-refractivity contribution in [3.05, 3.63) is 50.1 Å². The summed E-state index contributed by atoms with van der Waals surface area (Å²) in [6.45, 7) is 5.82. The van der Waals surface area contributed by atoms with Crippen molar-refractivity contribution in [2.75, 3.05) is 5.43 Å². The fraction of sp³-hybridized carbons (Fsp3) is 0.357. The highest BCUT2D eigenvalue weighted by molar-refractivity contribution is 5.83. The van der Waals surface area contributed by atoms with Crippen LogP contribution in [-0.2, 0) is 0 Å². The van der Waals surface area contributed by atoms with Gasteiger partial charge in [0.1, 0.15) is 5.69 Å². The lowest BCUT2D eigenvalue weighted by molar-refractivity contribution is -0.393. The molecule has 0 aliphatic rings. The van der Waals surface area contributed by atoms with Crippen molar-refractivity contribution >= 4 is 22.8 Å². The lowest BCUT2D eigenvalue weighted by Crippen LogP contribution is -2.01. The number of nitrogens with one attached hydrogen (secondary N) is 1. The zero-order chi connectivity index (χ0) is 16.7. The van der Waals surface area contributed by atoms with Crippen LogP contribution < -0.4 is 5.43 Å². The molecule has 0 amide bonds. The molecule has 8 nitrogen and oxygen atoms in total. The van der Waals surface area contributed by atoms with Gasteiger partial charge in [0, 0.05) is 11.8 Å². The molecule has 0 saturated carbocycles. The monoisotopic (exact) mass is 306 g/mol. The Bertz CT molecular complexity index is 634. The molecule has 1 aromatic carbocycles. The first kappa shape index (κ1) is 17.3. The van der Waals surface area contributed by atoms with Crippen molar-refractivity contribution in [3.8, 4) is 0 Å². The van der Waals surface area contributed by atoms with Gasteiger partial charge in [0.05, 0.1) is 15.9 Å². The minimum absolute atomic E-state index is 0.122. The maximum absolute atomic E-state index is 11.0. The second-order valence-electron chi connectivity index (χ2n) is 4.99. The Morgan fingerprint density at radius 1 is 1.23 bits per heavy atom. The number of nitro benzene ring substituents is 2. The van der Waals surface area contributed by atoms with E-state index in [0.717, 1.165) is 24.6 Å². The summed E-state index contributed by atoms with van der Waals surface area (Å²) in [6.07, 6.45) is 3.63. The van der Waals surface area contributed by atoms with E-state index < -0.39 is 9.85 Å². The summed E-state index contributed by atoms with van der Waals surface area (Å²) >= 11 is 0. The van der Waals surface area contributed by atoms with E-state index in [2.05, 4.69) is 16.6 Å². The Kier molecular flexibility index (Phi) is 6.18. The Balaban J connectivity index is 2.86. The van der Waals surface area contributed by atoms with Crippen LogP contribution in [0.2, 0.25) is 0 Å². The number of rotatable bonds is 7. The molecule has 0 spiro atoms. The number of allylic oxidation sites excluding steroid dienone is 2. The fourth-order valence-corrected chi connectivity index (χ4v) is 1.66. The molecule has 0 aliphatic carbocycles. The average molecular weight is 306 g/mol. The van der Waals surface area contributed by atoms with Crippen molar-refractivity contribution in [1.82, 2.24) is 0 Å². The zero-order valence-electron chi connectivity index (χ0n) is 12.7. The molecule has 0 radical (unpaired) electrons. The smallest absolute Gasteiger partial charge is 0.272 e. The molecule has 1 N–H and O–H groups in total. The van der Waals surface area contributed by atoms with E-state index in [-0.39, 0.29) is 17.1 Å². The molecule has 118 valence electrons. The standard InChI is InChI=1S/C14H18N4O4/c1-10(2)5-4-6-11(3)15-16-13-8-7-12(17(19)20)9-14(13)18(21)22/h5,7-9,16H,4,6H2,1-3H3. The molecule has 8 heteroatoms. The summed E-state index contributed by atoms with van der Waals surface area (Å²) in [5.74, 6) is 0. The largest absolute Gasteiger partial charge is 0.301 e. The van der Waals surface area contributed by atoms with Crippen LogP contribution in [0.4, 0.5) is 17.1 Å². The first-order chi connectivity index (χ1) is 10.3. The van der Waals surface area contributed by atoms with Gasteiger partial charge in [-0.15, -0.1) is 0 Å². The van der Waals surface area contributed by atoms with Gasteiger partial charge in [0.15, 0.2) is 0 Å². The van der Waals surface area contributed by atoms with Gasteiger partial charge >= 0.3 is 5.69 Å². The lowest BCUT2D eigenvalue weighted by Gasteiger charge is -2.04. The molecule has 0 fully saturated rings. The average Bonchev–Trinajstić information content (AvgIpc) is 2.44. The third-order valence-electron chi connectivity index (χ3n) is 2.81. The number of anilines is 1. The number of hydrazone groups is 1. The maximum Gasteiger partial charge on any atom is 0.301 e. The number of nitrogens with zero attached hydrogens (tertiary/aromatic N) is 3. The van der Waals surface area contributed by atoms with Crippen molar-refractivity contribution in [3.63, 3.8) is 0 Å². The highest BCUT2D eigenvalue weighted by Crippen LogP contribution is 2.28. The number of benzene rings is 1. The van der Waals surface area contributed by atoms with E-state index in [1.54, 1.807) is 0 Å². The van der Waals surface area contributed by atoms with E-state index in [0.29, 0.717) is 0 Å². The van der Waals surface area contributed by atoms with Crippen molar-refractivity contribution in [2.24, 2.45) is 5.10 Å². The van der Waals surface area contributed by atoms with Gasteiger partial charge in [-0.3, -0.25) is 25.7 Å². The van der Waals surface area contributed by atoms with E-state index in [1.165, 1.54) is 17.7 Å². The summed E-state index contributed by atoms with van der Waals surface area (Å²) < 4.78 is 0. The van der Waals surface area contributed by atoms with E-state index in [4.69, 9.17) is 0 Å². The predicted molar refractivity (Wildman–Crippen MR) is 85.1 cm³/mol. The summed E-state index contributed by atoms with van der Waals surface area (Å²) in [5.41, 5.74) is 4.01. The van der Waals surface area contributed by atoms with Gasteiger partial charge in [0.25, 0.3) is 5.69 Å². The molecule has 0 bridgehead atoms. The van der Waals surface area contributed by atoms with Gasteiger partial charge in [-0.1, -0.05) is 11.6 Å². The van der Waals surface area contributed by atoms with Gasteiger partial charge in [-0.2, -0.15) is 5.10 Å². The summed E-state index contributed by atoms with van der Waals surface area (Å²) in [6, 6.07) is 3.39. The normalized spacial score (nSPS) is 11.0. The van der Waals surface area contributed by atoms with Gasteiger partial charge in [-0.05, 0) is 39.7 Å². The maximum atomic E-state index is 11.0.